The Morgan fingerprint density at radius 1 is 1.16 bits per heavy atom. The van der Waals surface area contributed by atoms with Crippen LogP contribution in [0.3, 0.4) is 0 Å². The molecule has 2 saturated heterocycles. The zero-order valence-electron chi connectivity index (χ0n) is 22.7. The highest BCUT2D eigenvalue weighted by atomic mass is 32.1. The van der Waals surface area contributed by atoms with E-state index in [0.717, 1.165) is 0 Å². The first kappa shape index (κ1) is 32.7. The number of piperazine rings is 1. The van der Waals surface area contributed by atoms with Gasteiger partial charge < -0.3 is 40.1 Å². The molecule has 2 aliphatic heterocycles. The van der Waals surface area contributed by atoms with Crippen molar-refractivity contribution in [1.29, 1.82) is 0 Å². The number of ether oxygens (including phenoxy) is 1. The van der Waals surface area contributed by atoms with Crippen LogP contribution < -0.4 is 20.4 Å². The summed E-state index contributed by atoms with van der Waals surface area (Å²) in [6.45, 7) is 1.29. The number of nitrogens with one attached hydrogen (secondary N) is 2. The van der Waals surface area contributed by atoms with Gasteiger partial charge in [-0.2, -0.15) is 4.89 Å². The Morgan fingerprint density at radius 2 is 1.84 bits per heavy atom. The minimum Gasteiger partial charge on any atom is -0.442 e. The second-order valence-electron chi connectivity index (χ2n) is 9.89. The van der Waals surface area contributed by atoms with Crippen LogP contribution >= 0.6 is 27.8 Å². The van der Waals surface area contributed by atoms with Crippen LogP contribution in [0.25, 0.3) is 0 Å². The van der Waals surface area contributed by atoms with Gasteiger partial charge in [-0.05, 0) is 52.7 Å². The van der Waals surface area contributed by atoms with Crippen LogP contribution in [0.1, 0.15) is 5.56 Å². The number of thiocarbonyl (C=S) groups is 1. The third-order valence-electron chi connectivity index (χ3n) is 6.99. The maximum atomic E-state index is 15.0. The molecule has 3 atom stereocenters. The highest BCUT2D eigenvalue weighted by Gasteiger charge is 2.45. The van der Waals surface area contributed by atoms with Gasteiger partial charge in [-0.1, -0.05) is 12.1 Å². The van der Waals surface area contributed by atoms with Crippen molar-refractivity contribution in [3.05, 3.63) is 53.8 Å². The number of carbonyl (C=O) groups is 2. The van der Waals surface area contributed by atoms with Crippen LogP contribution in [0.4, 0.5) is 26.2 Å². The molecule has 14 nitrogen and oxygen atoms in total. The fraction of sp³-hybridized carbons (Fsp3) is 0.400. The Morgan fingerprint density at radius 3 is 2.42 bits per heavy atom. The smallest absolute Gasteiger partial charge is 0.442 e. The fourth-order valence-corrected chi connectivity index (χ4v) is 6.74. The molecule has 2 aromatic rings. The Kier molecular flexibility index (Phi) is 10.7. The molecule has 18 heteroatoms. The number of aliphatic hydroxyl groups excluding tert-OH is 1. The minimum atomic E-state index is -4.75. The number of halogens is 1. The van der Waals surface area contributed by atoms with Crippen LogP contribution in [-0.4, -0.2) is 99.2 Å². The molecule has 2 amide bonds. The molecule has 4 rings (SSSR count). The van der Waals surface area contributed by atoms with E-state index in [2.05, 4.69) is 10.6 Å². The molecule has 43 heavy (non-hydrogen) atoms. The van der Waals surface area contributed by atoms with Crippen molar-refractivity contribution < 1.29 is 47.6 Å². The van der Waals surface area contributed by atoms with E-state index >= 15 is 4.39 Å². The summed E-state index contributed by atoms with van der Waals surface area (Å²) >= 11 is 5.29. The zero-order chi connectivity index (χ0) is 31.3. The van der Waals surface area contributed by atoms with E-state index in [-0.39, 0.29) is 30.5 Å². The third-order valence-corrected chi connectivity index (χ3v) is 10.4. The predicted octanol–water partition coefficient (Wildman–Crippen LogP) is 1.56. The van der Waals surface area contributed by atoms with Crippen LogP contribution in [0.5, 0.6) is 0 Å². The molecule has 2 fully saturated rings. The first-order valence-corrected chi connectivity index (χ1v) is 16.5. The molecule has 6 N–H and O–H groups in total. The predicted molar refractivity (Wildman–Crippen MR) is 160 cm³/mol. The third kappa shape index (κ3) is 8.45. The molecule has 2 aliphatic rings. The maximum absolute atomic E-state index is 15.0. The van der Waals surface area contributed by atoms with Gasteiger partial charge in [0.2, 0.25) is 5.91 Å². The SMILES string of the molecule is O=C(CO)N1CCN(c2ccc(N3C[C@H](CNC(=S)Nc4ccc(CC([P+](=O)O)P(=O)(O)O)cc4)OC3=O)cc2F)CC1. The van der Waals surface area contributed by atoms with E-state index in [0.29, 0.717) is 48.8 Å². The second-order valence-corrected chi connectivity index (χ2v) is 13.7. The highest BCUT2D eigenvalue weighted by Crippen LogP contribution is 2.53. The van der Waals surface area contributed by atoms with Gasteiger partial charge in [0.1, 0.15) is 18.5 Å². The quantitative estimate of drug-likeness (QED) is 0.159. The highest BCUT2D eigenvalue weighted by molar-refractivity contribution is 7.80. The average Bonchev–Trinajstić information content (AvgIpc) is 3.34. The molecule has 0 saturated carbocycles. The normalized spacial score (nSPS) is 18.3. The molecule has 0 radical (unpaired) electrons. The van der Waals surface area contributed by atoms with Gasteiger partial charge >= 0.3 is 21.7 Å². The van der Waals surface area contributed by atoms with Gasteiger partial charge in [-0.25, -0.2) is 9.18 Å². The Bertz CT molecular complexity index is 1420. The van der Waals surface area contributed by atoms with Gasteiger partial charge in [0.05, 0.1) is 24.5 Å². The molecule has 2 heterocycles. The summed E-state index contributed by atoms with van der Waals surface area (Å²) in [5, 5.41) is 13.4. The van der Waals surface area contributed by atoms with Crippen molar-refractivity contribution >= 4 is 62.0 Å². The number of cyclic esters (lactones) is 1. The molecular weight excluding hydrogens is 627 g/mol. The molecule has 0 spiro atoms. The van der Waals surface area contributed by atoms with Crippen molar-refractivity contribution in [1.82, 2.24) is 10.2 Å². The van der Waals surface area contributed by atoms with Crippen molar-refractivity contribution in [3.8, 4) is 0 Å². The van der Waals surface area contributed by atoms with Gasteiger partial charge in [0.25, 0.3) is 5.40 Å². The van der Waals surface area contributed by atoms with Gasteiger partial charge in [-0.15, -0.1) is 0 Å². The first-order chi connectivity index (χ1) is 20.3. The van der Waals surface area contributed by atoms with E-state index in [9.17, 15) is 33.4 Å². The second kappa shape index (κ2) is 14.0. The summed E-state index contributed by atoms with van der Waals surface area (Å²) in [6.07, 6.45) is -1.50. The number of hydrogen-bond acceptors (Lipinski definition) is 8. The minimum absolute atomic E-state index is 0.151. The van der Waals surface area contributed by atoms with Crippen LogP contribution in [0.15, 0.2) is 42.5 Å². The lowest BCUT2D eigenvalue weighted by Gasteiger charge is -2.36. The van der Waals surface area contributed by atoms with Crippen molar-refractivity contribution in [2.75, 3.05) is 61.0 Å². The average molecular weight is 659 g/mol. The lowest BCUT2D eigenvalue weighted by Crippen LogP contribution is -2.49. The standard InChI is InChI=1S/C25H30FN5O9P2S/c26-20-12-18(5-6-21(20)29-7-9-30(10-8-29)22(33)15-32)31-14-19(40-25(31)34)13-27-24(43)28-17-3-1-16(2-4-17)11-23(41(35)36)42(37,38)39/h1-6,12,19,23,32H,7-11,13-15H2,(H4-,27,28,35,36,37,38,39,43)/p+1/t19-,23?/m0/s1. The topological polar surface area (TPSA) is 192 Å². The first-order valence-electron chi connectivity index (χ1n) is 13.1. The van der Waals surface area contributed by atoms with E-state index in [1.165, 1.54) is 15.9 Å². The number of benzene rings is 2. The zero-order valence-corrected chi connectivity index (χ0v) is 25.3. The fourth-order valence-electron chi connectivity index (χ4n) is 4.70. The summed E-state index contributed by atoms with van der Waals surface area (Å²) < 4.78 is 43.2. The van der Waals surface area contributed by atoms with Gasteiger partial charge in [0.15, 0.2) is 5.11 Å². The van der Waals surface area contributed by atoms with Crippen LogP contribution in [0, 0.1) is 5.82 Å². The number of aliphatic hydroxyl groups is 1. The summed E-state index contributed by atoms with van der Waals surface area (Å²) in [4.78, 5) is 56.6. The number of anilines is 3. The summed E-state index contributed by atoms with van der Waals surface area (Å²) in [5.74, 6) is -0.887. The summed E-state index contributed by atoms with van der Waals surface area (Å²) in [7, 11) is -7.83. The monoisotopic (exact) mass is 658 g/mol. The summed E-state index contributed by atoms with van der Waals surface area (Å²) in [5.41, 5.74) is 1.68. The van der Waals surface area contributed by atoms with Gasteiger partial charge in [-0.3, -0.25) is 14.3 Å². The lowest BCUT2D eigenvalue weighted by molar-refractivity contribution is -0.134. The lowest BCUT2D eigenvalue weighted by atomic mass is 10.1. The van der Waals surface area contributed by atoms with Crippen molar-refractivity contribution in [2.45, 2.75) is 17.9 Å². The molecule has 0 aromatic heterocycles. The number of hydrogen-bond donors (Lipinski definition) is 6. The van der Waals surface area contributed by atoms with E-state index in [1.54, 1.807) is 41.3 Å². The molecule has 0 aliphatic carbocycles. The molecule has 2 unspecified atom stereocenters. The maximum Gasteiger partial charge on any atom is 0.522 e. The Hall–Kier alpha value is -3.23. The molecule has 2 aromatic carbocycles. The molecule has 232 valence electrons. The number of carbonyl (C=O) groups excluding carboxylic acids is 2. The van der Waals surface area contributed by atoms with Crippen molar-refractivity contribution in [2.24, 2.45) is 0 Å². The van der Waals surface area contributed by atoms with Crippen molar-refractivity contribution in [3.63, 3.8) is 0 Å². The largest absolute Gasteiger partial charge is 0.522 e. The van der Waals surface area contributed by atoms with E-state index in [4.69, 9.17) is 22.1 Å². The number of nitrogens with zero attached hydrogens (tertiary/aromatic N) is 3. The summed E-state index contributed by atoms with van der Waals surface area (Å²) in [6, 6.07) is 10.7. The van der Waals surface area contributed by atoms with Crippen LogP contribution in [-0.2, 0) is 25.1 Å². The van der Waals surface area contributed by atoms with E-state index in [1.807, 2.05) is 0 Å². The van der Waals surface area contributed by atoms with Crippen LogP contribution in [0.2, 0.25) is 0 Å². The van der Waals surface area contributed by atoms with Gasteiger partial charge in [0, 0.05) is 38.3 Å². The number of rotatable bonds is 10. The number of amides is 2. The Balaban J connectivity index is 1.26. The molecular formula is C25H31FN5O9P2S+. The van der Waals surface area contributed by atoms with E-state index < -0.39 is 45.6 Å². The molecule has 0 bridgehead atoms. The Labute approximate surface area is 252 Å².